The highest BCUT2D eigenvalue weighted by Crippen LogP contribution is 2.17. The largest absolute Gasteiger partial charge is 0.419 e. The molecule has 1 aromatic carbocycles. The number of oxazole rings is 1. The summed E-state index contributed by atoms with van der Waals surface area (Å²) in [6.07, 6.45) is 1.17. The topological polar surface area (TPSA) is 96.5 Å². The van der Waals surface area contributed by atoms with Gasteiger partial charge in [-0.2, -0.15) is 0 Å². The molecule has 2 rings (SSSR count). The fourth-order valence-electron chi connectivity index (χ4n) is 2.58. The molecule has 2 aromatic rings. The third kappa shape index (κ3) is 3.92. The van der Waals surface area contributed by atoms with Crippen molar-refractivity contribution >= 4 is 22.8 Å². The maximum atomic E-state index is 11.9. The van der Waals surface area contributed by atoms with Crippen molar-refractivity contribution in [3.05, 3.63) is 28.7 Å². The molecule has 0 aliphatic heterocycles. The second kappa shape index (κ2) is 7.32. The number of hydrogen-bond acceptors (Lipinski definition) is 4. The number of aryl methyl sites for hydroxylation is 1. The third-order valence-electron chi connectivity index (χ3n) is 4.11. The van der Waals surface area contributed by atoms with Crippen LogP contribution < -0.4 is 16.4 Å². The molecular weight excluding hydrogens is 298 g/mol. The van der Waals surface area contributed by atoms with Crippen molar-refractivity contribution < 1.29 is 14.3 Å². The van der Waals surface area contributed by atoms with Crippen molar-refractivity contribution in [2.24, 2.45) is 13.0 Å². The van der Waals surface area contributed by atoms with Crippen molar-refractivity contribution in [1.29, 1.82) is 0 Å². The minimum atomic E-state index is -0.564. The molecule has 0 aliphatic carbocycles. The molecule has 3 N–H and O–H groups in total. The molecular formula is C16H23N3O4. The number of benzene rings is 1. The monoisotopic (exact) mass is 321 g/mol. The molecule has 0 saturated carbocycles. The van der Waals surface area contributed by atoms with E-state index in [1.54, 1.807) is 25.2 Å². The number of hydrogen-bond donors (Lipinski definition) is 3. The zero-order valence-electron chi connectivity index (χ0n) is 13.6. The van der Waals surface area contributed by atoms with E-state index in [0.29, 0.717) is 16.8 Å². The quantitative estimate of drug-likeness (QED) is 0.758. The summed E-state index contributed by atoms with van der Waals surface area (Å²) < 4.78 is 6.47. The van der Waals surface area contributed by atoms with Crippen LogP contribution in [0.3, 0.4) is 0 Å². The second-order valence-electron chi connectivity index (χ2n) is 5.59. The number of anilines is 1. The molecule has 1 unspecified atom stereocenters. The summed E-state index contributed by atoms with van der Waals surface area (Å²) in [5.41, 5.74) is 1.58. The smallest absolute Gasteiger partial charge is 0.408 e. The predicted molar refractivity (Wildman–Crippen MR) is 88.6 cm³/mol. The van der Waals surface area contributed by atoms with Gasteiger partial charge in [-0.3, -0.25) is 4.57 Å². The summed E-state index contributed by atoms with van der Waals surface area (Å²) in [4.78, 5) is 23.3. The van der Waals surface area contributed by atoms with Crippen LogP contribution in [0.15, 0.2) is 27.4 Å². The van der Waals surface area contributed by atoms with Gasteiger partial charge in [-0.25, -0.2) is 9.59 Å². The van der Waals surface area contributed by atoms with Gasteiger partial charge in [-0.15, -0.1) is 0 Å². The average molecular weight is 321 g/mol. The number of aliphatic hydroxyl groups is 1. The normalized spacial score (nSPS) is 12.6. The highest BCUT2D eigenvalue weighted by Gasteiger charge is 2.16. The van der Waals surface area contributed by atoms with E-state index in [0.717, 1.165) is 12.8 Å². The zero-order chi connectivity index (χ0) is 17.0. The Balaban J connectivity index is 1.96. The first-order valence-electron chi connectivity index (χ1n) is 7.78. The fraction of sp³-hybridized carbons (Fsp3) is 0.500. The summed E-state index contributed by atoms with van der Waals surface area (Å²) in [5.74, 6) is -0.278. The van der Waals surface area contributed by atoms with E-state index in [1.165, 1.54) is 4.57 Å². The minimum Gasteiger partial charge on any atom is -0.408 e. The average Bonchev–Trinajstić information content (AvgIpc) is 2.81. The molecule has 2 amide bonds. The first kappa shape index (κ1) is 17.1. The Kier molecular flexibility index (Phi) is 5.44. The lowest BCUT2D eigenvalue weighted by molar-refractivity contribution is 0.104. The van der Waals surface area contributed by atoms with E-state index in [4.69, 9.17) is 4.42 Å². The molecule has 0 fully saturated rings. The molecule has 1 aromatic heterocycles. The van der Waals surface area contributed by atoms with E-state index in [2.05, 4.69) is 10.6 Å². The number of nitrogens with zero attached hydrogens (tertiary/aromatic N) is 1. The highest BCUT2D eigenvalue weighted by atomic mass is 16.4. The van der Waals surface area contributed by atoms with Gasteiger partial charge in [0.1, 0.15) is 0 Å². The van der Waals surface area contributed by atoms with Crippen LogP contribution in [0.5, 0.6) is 0 Å². The number of aliphatic hydroxyl groups excluding tert-OH is 1. The maximum absolute atomic E-state index is 11.9. The molecule has 0 aliphatic rings. The van der Waals surface area contributed by atoms with Gasteiger partial charge in [-0.05, 0) is 18.1 Å². The number of urea groups is 1. The SMILES string of the molecule is CCC(CC)C(O)CNC(=O)Nc1ccc2c(c1)oc(=O)n2C. The molecule has 0 spiro atoms. The van der Waals surface area contributed by atoms with Gasteiger partial charge in [0.05, 0.1) is 11.6 Å². The number of aromatic nitrogens is 1. The minimum absolute atomic E-state index is 0.172. The number of carbonyl (C=O) groups is 1. The number of fused-ring (bicyclic) bond motifs is 1. The van der Waals surface area contributed by atoms with Crippen LogP contribution in [-0.2, 0) is 7.05 Å². The van der Waals surface area contributed by atoms with E-state index < -0.39 is 17.9 Å². The number of amides is 2. The zero-order valence-corrected chi connectivity index (χ0v) is 13.6. The van der Waals surface area contributed by atoms with Crippen LogP contribution in [0.1, 0.15) is 26.7 Å². The number of nitrogens with one attached hydrogen (secondary N) is 2. The van der Waals surface area contributed by atoms with Gasteiger partial charge >= 0.3 is 11.8 Å². The maximum Gasteiger partial charge on any atom is 0.419 e. The lowest BCUT2D eigenvalue weighted by Crippen LogP contribution is -2.38. The van der Waals surface area contributed by atoms with E-state index >= 15 is 0 Å². The molecule has 23 heavy (non-hydrogen) atoms. The number of carbonyl (C=O) groups excluding carboxylic acids is 1. The van der Waals surface area contributed by atoms with Crippen LogP contribution in [0.4, 0.5) is 10.5 Å². The molecule has 7 nitrogen and oxygen atoms in total. The van der Waals surface area contributed by atoms with E-state index in [9.17, 15) is 14.7 Å². The van der Waals surface area contributed by atoms with Gasteiger partial charge in [0.25, 0.3) is 0 Å². The molecule has 7 heteroatoms. The lowest BCUT2D eigenvalue weighted by atomic mass is 9.97. The van der Waals surface area contributed by atoms with Gasteiger partial charge in [0.2, 0.25) is 0 Å². The van der Waals surface area contributed by atoms with E-state index in [-0.39, 0.29) is 12.5 Å². The van der Waals surface area contributed by atoms with Crippen molar-refractivity contribution in [3.63, 3.8) is 0 Å². The van der Waals surface area contributed by atoms with Crippen LogP contribution in [-0.4, -0.2) is 28.4 Å². The van der Waals surface area contributed by atoms with Crippen molar-refractivity contribution in [2.75, 3.05) is 11.9 Å². The van der Waals surface area contributed by atoms with Crippen molar-refractivity contribution in [1.82, 2.24) is 9.88 Å². The van der Waals surface area contributed by atoms with Crippen molar-refractivity contribution in [3.8, 4) is 0 Å². The Morgan fingerprint density at radius 1 is 1.35 bits per heavy atom. The van der Waals surface area contributed by atoms with Crippen LogP contribution in [0, 0.1) is 5.92 Å². The molecule has 0 bridgehead atoms. The third-order valence-corrected chi connectivity index (χ3v) is 4.11. The molecule has 1 heterocycles. The second-order valence-corrected chi connectivity index (χ2v) is 5.59. The van der Waals surface area contributed by atoms with Gasteiger partial charge in [0, 0.05) is 25.3 Å². The standard InChI is InChI=1S/C16H23N3O4/c1-4-10(5-2)13(20)9-17-15(21)18-11-6-7-12-14(8-11)23-16(22)19(12)3/h6-8,10,13,20H,4-5,9H2,1-3H3,(H2,17,18,21). The first-order valence-corrected chi connectivity index (χ1v) is 7.78. The Bertz CT molecular complexity index is 730. The Morgan fingerprint density at radius 3 is 2.70 bits per heavy atom. The molecule has 126 valence electrons. The van der Waals surface area contributed by atoms with Crippen LogP contribution in [0.25, 0.3) is 11.1 Å². The Hall–Kier alpha value is -2.28. The Labute approximate surface area is 134 Å². The Morgan fingerprint density at radius 2 is 2.04 bits per heavy atom. The summed E-state index contributed by atoms with van der Waals surface area (Å²) >= 11 is 0. The summed E-state index contributed by atoms with van der Waals surface area (Å²) in [6.45, 7) is 4.22. The van der Waals surface area contributed by atoms with Gasteiger partial charge < -0.3 is 20.2 Å². The fourth-order valence-corrected chi connectivity index (χ4v) is 2.58. The van der Waals surface area contributed by atoms with Crippen LogP contribution >= 0.6 is 0 Å². The van der Waals surface area contributed by atoms with E-state index in [1.807, 2.05) is 13.8 Å². The predicted octanol–water partition coefficient (Wildman–Crippen LogP) is 2.05. The van der Waals surface area contributed by atoms with Gasteiger partial charge in [0.15, 0.2) is 5.58 Å². The molecule has 1 atom stereocenters. The van der Waals surface area contributed by atoms with Crippen molar-refractivity contribution in [2.45, 2.75) is 32.8 Å². The number of rotatable bonds is 6. The lowest BCUT2D eigenvalue weighted by Gasteiger charge is -2.20. The first-order chi connectivity index (χ1) is 11.0. The highest BCUT2D eigenvalue weighted by molar-refractivity contribution is 5.91. The summed E-state index contributed by atoms with van der Waals surface area (Å²) in [6, 6.07) is 4.57. The summed E-state index contributed by atoms with van der Waals surface area (Å²) in [7, 11) is 1.62. The summed E-state index contributed by atoms with van der Waals surface area (Å²) in [5, 5.41) is 15.3. The molecule has 0 saturated heterocycles. The van der Waals surface area contributed by atoms with Crippen LogP contribution in [0.2, 0.25) is 0 Å². The van der Waals surface area contributed by atoms with Gasteiger partial charge in [-0.1, -0.05) is 26.7 Å². The molecule has 0 radical (unpaired) electrons.